The molecule has 0 aliphatic heterocycles. The third-order valence-corrected chi connectivity index (χ3v) is 4.92. The minimum absolute atomic E-state index is 0.172. The maximum absolute atomic E-state index is 4.67. The topological polar surface area (TPSA) is 12.4 Å². The molecule has 0 unspecified atom stereocenters. The van der Waals surface area contributed by atoms with E-state index in [-0.39, 0.29) is 4.75 Å². The molecule has 0 saturated carbocycles. The second kappa shape index (κ2) is 5.06. The van der Waals surface area contributed by atoms with E-state index >= 15 is 0 Å². The molecule has 1 aromatic heterocycles. The Morgan fingerprint density at radius 3 is 2.50 bits per heavy atom. The molecule has 0 radical (unpaired) electrons. The summed E-state index contributed by atoms with van der Waals surface area (Å²) in [6, 6.07) is 8.57. The van der Waals surface area contributed by atoms with Crippen molar-refractivity contribution in [3.8, 4) is 0 Å². The Morgan fingerprint density at radius 1 is 1.22 bits per heavy atom. The van der Waals surface area contributed by atoms with E-state index in [1.165, 1.54) is 20.5 Å². The largest absolute Gasteiger partial charge is 0.219 e. The zero-order chi connectivity index (χ0) is 13.3. The van der Waals surface area contributed by atoms with E-state index in [1.807, 2.05) is 11.3 Å². The fourth-order valence-corrected chi connectivity index (χ4v) is 3.48. The summed E-state index contributed by atoms with van der Waals surface area (Å²) < 4.78 is 6.19. The maximum Gasteiger partial charge on any atom is 0.0631 e. The third kappa shape index (κ3) is 2.96. The lowest BCUT2D eigenvalue weighted by Crippen LogP contribution is -2.06. The number of rotatable bonds is 2. The van der Waals surface area contributed by atoms with Gasteiger partial charge in [-0.3, -0.25) is 0 Å². The van der Waals surface area contributed by atoms with E-state index in [2.05, 4.69) is 63.3 Å². The molecule has 0 bridgehead atoms. The van der Waals surface area contributed by atoms with Gasteiger partial charge in [-0.25, -0.2) is 4.40 Å². The van der Waals surface area contributed by atoms with Crippen LogP contribution in [0.25, 0.3) is 10.1 Å². The van der Waals surface area contributed by atoms with Gasteiger partial charge >= 0.3 is 0 Å². The van der Waals surface area contributed by atoms with E-state index in [4.69, 9.17) is 0 Å². The average Bonchev–Trinajstić information content (AvgIpc) is 2.64. The molecular weight excluding hydrogens is 258 g/mol. The minimum atomic E-state index is 0.172. The summed E-state index contributed by atoms with van der Waals surface area (Å²) in [5.41, 5.74) is 2.49. The van der Waals surface area contributed by atoms with Crippen LogP contribution >= 0.6 is 23.3 Å². The van der Waals surface area contributed by atoms with Crippen LogP contribution in [0.15, 0.2) is 28.7 Å². The van der Waals surface area contributed by atoms with Gasteiger partial charge in [-0.15, -0.1) is 11.3 Å². The molecule has 3 heteroatoms. The van der Waals surface area contributed by atoms with Gasteiger partial charge < -0.3 is 0 Å². The summed E-state index contributed by atoms with van der Waals surface area (Å²) in [5.74, 6) is 0. The molecule has 0 N–H and O–H groups in total. The normalized spacial score (nSPS) is 13.3. The minimum Gasteiger partial charge on any atom is -0.219 e. The smallest absolute Gasteiger partial charge is 0.0631 e. The second-order valence-electron chi connectivity index (χ2n) is 5.43. The van der Waals surface area contributed by atoms with Crippen LogP contribution in [0.1, 0.15) is 38.1 Å². The molecule has 1 nitrogen and oxygen atoms in total. The maximum atomic E-state index is 4.67. The molecule has 1 heterocycles. The van der Waals surface area contributed by atoms with Crippen molar-refractivity contribution in [1.29, 1.82) is 0 Å². The first-order valence-electron chi connectivity index (χ1n) is 6.10. The molecule has 18 heavy (non-hydrogen) atoms. The van der Waals surface area contributed by atoms with Gasteiger partial charge in [0.2, 0.25) is 0 Å². The summed E-state index contributed by atoms with van der Waals surface area (Å²) in [4.78, 5) is 1.31. The monoisotopic (exact) mass is 277 g/mol. The van der Waals surface area contributed by atoms with Gasteiger partial charge in [0.1, 0.15) is 0 Å². The molecule has 2 aromatic rings. The van der Waals surface area contributed by atoms with Crippen LogP contribution in [0.4, 0.5) is 0 Å². The Morgan fingerprint density at radius 2 is 1.89 bits per heavy atom. The summed E-state index contributed by atoms with van der Waals surface area (Å²) in [6.45, 7) is 10.9. The molecule has 0 atom stereocenters. The lowest BCUT2D eigenvalue weighted by molar-refractivity contribution is 0.804. The second-order valence-corrected chi connectivity index (χ2v) is 8.07. The fourth-order valence-electron chi connectivity index (χ4n) is 1.77. The molecule has 2 rings (SSSR count). The first-order chi connectivity index (χ1) is 8.38. The quantitative estimate of drug-likeness (QED) is 0.524. The van der Waals surface area contributed by atoms with Crippen LogP contribution in [-0.2, 0) is 0 Å². The van der Waals surface area contributed by atoms with Crippen molar-refractivity contribution in [2.24, 2.45) is 4.40 Å². The predicted octanol–water partition coefficient (Wildman–Crippen LogP) is 5.47. The molecule has 0 amide bonds. The molecule has 1 aromatic carbocycles. The first-order valence-corrected chi connectivity index (χ1v) is 7.69. The van der Waals surface area contributed by atoms with Gasteiger partial charge in [0.15, 0.2) is 0 Å². The van der Waals surface area contributed by atoms with Crippen LogP contribution in [0.3, 0.4) is 0 Å². The molecular formula is C15H19NS2. The SMILES string of the molecule is C/C(=N\SC(C)(C)C)c1sc2ccccc2c1C. The number of thiophene rings is 1. The Bertz CT molecular complexity index is 588. The van der Waals surface area contributed by atoms with E-state index in [0.717, 1.165) is 5.71 Å². The highest BCUT2D eigenvalue weighted by atomic mass is 32.2. The molecule has 0 saturated heterocycles. The van der Waals surface area contributed by atoms with Gasteiger partial charge in [-0.1, -0.05) is 18.2 Å². The molecule has 0 spiro atoms. The number of hydrogen-bond donors (Lipinski definition) is 0. The predicted molar refractivity (Wildman–Crippen MR) is 86.1 cm³/mol. The highest BCUT2D eigenvalue weighted by Crippen LogP contribution is 2.32. The van der Waals surface area contributed by atoms with Crippen LogP contribution in [0, 0.1) is 6.92 Å². The van der Waals surface area contributed by atoms with E-state index < -0.39 is 0 Å². The summed E-state index contributed by atoms with van der Waals surface area (Å²) >= 11 is 3.49. The van der Waals surface area contributed by atoms with Crippen LogP contribution in [-0.4, -0.2) is 10.5 Å². The lowest BCUT2D eigenvalue weighted by atomic mass is 10.1. The Balaban J connectivity index is 2.39. The number of benzene rings is 1. The first kappa shape index (κ1) is 13.6. The van der Waals surface area contributed by atoms with Crippen LogP contribution in [0.5, 0.6) is 0 Å². The van der Waals surface area contributed by atoms with Crippen molar-refractivity contribution in [2.45, 2.75) is 39.4 Å². The molecule has 0 fully saturated rings. The van der Waals surface area contributed by atoms with Crippen LogP contribution in [0.2, 0.25) is 0 Å². The zero-order valence-electron chi connectivity index (χ0n) is 11.6. The van der Waals surface area contributed by atoms with E-state index in [1.54, 1.807) is 11.9 Å². The highest BCUT2D eigenvalue weighted by molar-refractivity contribution is 7.99. The molecule has 96 valence electrons. The van der Waals surface area contributed by atoms with Crippen molar-refractivity contribution in [3.63, 3.8) is 0 Å². The van der Waals surface area contributed by atoms with Crippen molar-refractivity contribution >= 4 is 39.1 Å². The number of aryl methyl sites for hydroxylation is 1. The van der Waals surface area contributed by atoms with Gasteiger partial charge in [0, 0.05) is 9.45 Å². The summed E-state index contributed by atoms with van der Waals surface area (Å²) in [5, 5.41) is 1.35. The zero-order valence-corrected chi connectivity index (χ0v) is 13.2. The average molecular weight is 277 g/mol. The van der Waals surface area contributed by atoms with Gasteiger partial charge in [-0.05, 0) is 63.6 Å². The number of hydrogen-bond acceptors (Lipinski definition) is 3. The standard InChI is InChI=1S/C15H19NS2/c1-10-12-8-6-7-9-13(12)17-14(10)11(2)16-18-15(3,4)5/h6-9H,1-5H3/b16-11+. The molecule has 0 aliphatic carbocycles. The van der Waals surface area contributed by atoms with Crippen LogP contribution < -0.4 is 0 Å². The van der Waals surface area contributed by atoms with Crippen molar-refractivity contribution in [1.82, 2.24) is 0 Å². The third-order valence-electron chi connectivity index (χ3n) is 2.63. The van der Waals surface area contributed by atoms with Gasteiger partial charge in [0.05, 0.1) is 10.6 Å². The number of nitrogens with zero attached hydrogens (tertiary/aromatic N) is 1. The van der Waals surface area contributed by atoms with E-state index in [9.17, 15) is 0 Å². The van der Waals surface area contributed by atoms with Crippen molar-refractivity contribution in [2.75, 3.05) is 0 Å². The Labute approximate surface area is 117 Å². The summed E-state index contributed by atoms with van der Waals surface area (Å²) in [7, 11) is 0. The van der Waals surface area contributed by atoms with E-state index in [0.29, 0.717) is 0 Å². The van der Waals surface area contributed by atoms with Crippen molar-refractivity contribution in [3.05, 3.63) is 34.7 Å². The summed E-state index contributed by atoms with van der Waals surface area (Å²) in [6.07, 6.45) is 0. The Hall–Kier alpha value is -0.800. The number of fused-ring (bicyclic) bond motifs is 1. The van der Waals surface area contributed by atoms with Crippen molar-refractivity contribution < 1.29 is 0 Å². The van der Waals surface area contributed by atoms with Gasteiger partial charge in [-0.2, -0.15) is 0 Å². The lowest BCUT2D eigenvalue weighted by Gasteiger charge is -2.13. The highest BCUT2D eigenvalue weighted by Gasteiger charge is 2.13. The van der Waals surface area contributed by atoms with Gasteiger partial charge in [0.25, 0.3) is 0 Å². The fraction of sp³-hybridized carbons (Fsp3) is 0.400. The Kier molecular flexibility index (Phi) is 3.83. The molecule has 0 aliphatic rings.